The molecule has 90 valence electrons. The summed E-state index contributed by atoms with van der Waals surface area (Å²) in [5, 5.41) is 9.94. The van der Waals surface area contributed by atoms with E-state index in [4.69, 9.17) is 0 Å². The highest BCUT2D eigenvalue weighted by Crippen LogP contribution is 2.22. The summed E-state index contributed by atoms with van der Waals surface area (Å²) in [5.74, 6) is 2.68. The molecule has 2 aromatic rings. The first-order valence-corrected chi connectivity index (χ1v) is 6.85. The van der Waals surface area contributed by atoms with Gasteiger partial charge in [0.05, 0.1) is 4.88 Å². The predicted molar refractivity (Wildman–Crippen MR) is 69.0 cm³/mol. The lowest BCUT2D eigenvalue weighted by Crippen LogP contribution is -2.13. The van der Waals surface area contributed by atoms with Crippen molar-refractivity contribution in [1.29, 1.82) is 0 Å². The molecule has 3 rings (SSSR count). The molecule has 0 radical (unpaired) electrons. The van der Waals surface area contributed by atoms with Crippen molar-refractivity contribution in [2.45, 2.75) is 12.8 Å². The van der Waals surface area contributed by atoms with Gasteiger partial charge in [0.1, 0.15) is 5.82 Å². The quantitative estimate of drug-likeness (QED) is 0.899. The molecule has 1 aliphatic heterocycles. The summed E-state index contributed by atoms with van der Waals surface area (Å²) in [5.41, 5.74) is 0. The van der Waals surface area contributed by atoms with E-state index in [-0.39, 0.29) is 0 Å². The molecule has 0 amide bonds. The number of aryl methyl sites for hydroxylation is 1. The predicted octanol–water partition coefficient (Wildman–Crippen LogP) is 1.70. The van der Waals surface area contributed by atoms with E-state index in [1.807, 2.05) is 17.8 Å². The Hall–Kier alpha value is -1.20. The molecule has 2 aromatic heterocycles. The molecule has 0 aromatic carbocycles. The smallest absolute Gasteiger partial charge is 0.191 e. The molecular formula is C12H16N4S. The van der Waals surface area contributed by atoms with Crippen molar-refractivity contribution >= 4 is 11.3 Å². The molecule has 1 aliphatic rings. The number of hydrogen-bond acceptors (Lipinski definition) is 4. The summed E-state index contributed by atoms with van der Waals surface area (Å²) in [4.78, 5) is 5.80. The topological polar surface area (TPSA) is 42.7 Å². The van der Waals surface area contributed by atoms with Gasteiger partial charge in [-0.1, -0.05) is 6.07 Å². The molecule has 0 aliphatic carbocycles. The molecule has 3 heterocycles. The van der Waals surface area contributed by atoms with Gasteiger partial charge in [-0.3, -0.25) is 4.68 Å². The molecule has 1 atom stereocenters. The number of aromatic nitrogens is 3. The van der Waals surface area contributed by atoms with Gasteiger partial charge in [0.2, 0.25) is 0 Å². The third-order valence-electron chi connectivity index (χ3n) is 3.23. The Labute approximate surface area is 105 Å². The lowest BCUT2D eigenvalue weighted by molar-refractivity contribution is 0.539. The fourth-order valence-electron chi connectivity index (χ4n) is 2.25. The van der Waals surface area contributed by atoms with Gasteiger partial charge in [0, 0.05) is 13.5 Å². The van der Waals surface area contributed by atoms with Crippen LogP contribution in [0, 0.1) is 5.92 Å². The van der Waals surface area contributed by atoms with E-state index < -0.39 is 0 Å². The van der Waals surface area contributed by atoms with Gasteiger partial charge in [-0.25, -0.2) is 4.98 Å². The maximum absolute atomic E-state index is 4.65. The van der Waals surface area contributed by atoms with Crippen LogP contribution in [0.1, 0.15) is 12.2 Å². The molecule has 0 spiro atoms. The molecule has 0 saturated carbocycles. The number of rotatable bonds is 3. The largest absolute Gasteiger partial charge is 0.316 e. The van der Waals surface area contributed by atoms with Crippen molar-refractivity contribution in [1.82, 2.24) is 20.1 Å². The van der Waals surface area contributed by atoms with Gasteiger partial charge in [-0.15, -0.1) is 11.3 Å². The summed E-state index contributed by atoms with van der Waals surface area (Å²) in [6, 6.07) is 4.11. The van der Waals surface area contributed by atoms with Crippen LogP contribution in [0.4, 0.5) is 0 Å². The van der Waals surface area contributed by atoms with E-state index in [1.165, 1.54) is 6.42 Å². The average Bonchev–Trinajstić information content (AvgIpc) is 3.02. The van der Waals surface area contributed by atoms with Gasteiger partial charge in [-0.2, -0.15) is 5.10 Å². The Morgan fingerprint density at radius 2 is 2.53 bits per heavy atom. The Kier molecular flexibility index (Phi) is 2.94. The van der Waals surface area contributed by atoms with Gasteiger partial charge >= 0.3 is 0 Å². The second kappa shape index (κ2) is 4.58. The van der Waals surface area contributed by atoms with Crippen LogP contribution in [0.5, 0.6) is 0 Å². The van der Waals surface area contributed by atoms with Crippen molar-refractivity contribution in [3.63, 3.8) is 0 Å². The number of nitrogens with one attached hydrogen (secondary N) is 1. The highest BCUT2D eigenvalue weighted by Gasteiger charge is 2.18. The first kappa shape index (κ1) is 10.9. The zero-order valence-corrected chi connectivity index (χ0v) is 10.7. The van der Waals surface area contributed by atoms with Crippen molar-refractivity contribution in [3.05, 3.63) is 23.3 Å². The highest BCUT2D eigenvalue weighted by molar-refractivity contribution is 7.13. The Balaban J connectivity index is 1.80. The average molecular weight is 248 g/mol. The lowest BCUT2D eigenvalue weighted by atomic mass is 10.1. The Bertz CT molecular complexity index is 483. The van der Waals surface area contributed by atoms with Crippen molar-refractivity contribution < 1.29 is 0 Å². The van der Waals surface area contributed by atoms with Crippen molar-refractivity contribution in [2.75, 3.05) is 13.1 Å². The zero-order chi connectivity index (χ0) is 11.7. The minimum atomic E-state index is 0.717. The standard InChI is InChI=1S/C12H16N4S/c1-16-11(7-9-4-5-13-8-9)14-12(15-16)10-3-2-6-17-10/h2-3,6,9,13H,4-5,7-8H2,1H3. The lowest BCUT2D eigenvalue weighted by Gasteiger charge is -2.05. The van der Waals surface area contributed by atoms with Crippen LogP contribution in [-0.2, 0) is 13.5 Å². The normalized spacial score (nSPS) is 19.9. The number of hydrogen-bond donors (Lipinski definition) is 1. The van der Waals surface area contributed by atoms with E-state index in [2.05, 4.69) is 26.8 Å². The van der Waals surface area contributed by atoms with Crippen molar-refractivity contribution in [3.8, 4) is 10.7 Å². The maximum Gasteiger partial charge on any atom is 0.191 e. The first-order chi connectivity index (χ1) is 8.33. The van der Waals surface area contributed by atoms with Crippen LogP contribution in [0.3, 0.4) is 0 Å². The molecule has 1 saturated heterocycles. The zero-order valence-electron chi connectivity index (χ0n) is 9.89. The summed E-state index contributed by atoms with van der Waals surface area (Å²) in [7, 11) is 1.99. The highest BCUT2D eigenvalue weighted by atomic mass is 32.1. The van der Waals surface area contributed by atoms with Crippen LogP contribution in [0.2, 0.25) is 0 Å². The number of nitrogens with zero attached hydrogens (tertiary/aromatic N) is 3. The van der Waals surface area contributed by atoms with Crippen LogP contribution < -0.4 is 5.32 Å². The number of thiophene rings is 1. The minimum absolute atomic E-state index is 0.717. The summed E-state index contributed by atoms with van der Waals surface area (Å²) in [6.07, 6.45) is 2.28. The minimum Gasteiger partial charge on any atom is -0.316 e. The molecule has 17 heavy (non-hydrogen) atoms. The van der Waals surface area contributed by atoms with Gasteiger partial charge < -0.3 is 5.32 Å². The van der Waals surface area contributed by atoms with E-state index in [0.29, 0.717) is 5.92 Å². The van der Waals surface area contributed by atoms with Crippen LogP contribution in [0.15, 0.2) is 17.5 Å². The third-order valence-corrected chi connectivity index (χ3v) is 4.09. The molecule has 0 bridgehead atoms. The van der Waals surface area contributed by atoms with Crippen LogP contribution >= 0.6 is 11.3 Å². The fourth-order valence-corrected chi connectivity index (χ4v) is 2.90. The van der Waals surface area contributed by atoms with E-state index in [1.54, 1.807) is 11.3 Å². The van der Waals surface area contributed by atoms with Crippen LogP contribution in [-0.4, -0.2) is 27.9 Å². The fraction of sp³-hybridized carbons (Fsp3) is 0.500. The van der Waals surface area contributed by atoms with E-state index in [0.717, 1.165) is 36.0 Å². The van der Waals surface area contributed by atoms with Crippen molar-refractivity contribution in [2.24, 2.45) is 13.0 Å². The van der Waals surface area contributed by atoms with E-state index >= 15 is 0 Å². The molecule has 1 unspecified atom stereocenters. The first-order valence-electron chi connectivity index (χ1n) is 5.97. The second-order valence-electron chi connectivity index (χ2n) is 4.52. The van der Waals surface area contributed by atoms with Crippen LogP contribution in [0.25, 0.3) is 10.7 Å². The van der Waals surface area contributed by atoms with E-state index in [9.17, 15) is 0 Å². The summed E-state index contributed by atoms with van der Waals surface area (Å²) in [6.45, 7) is 2.25. The second-order valence-corrected chi connectivity index (χ2v) is 5.46. The molecule has 1 fully saturated rings. The molecular weight excluding hydrogens is 232 g/mol. The maximum atomic E-state index is 4.65. The summed E-state index contributed by atoms with van der Waals surface area (Å²) >= 11 is 1.69. The molecule has 5 heteroatoms. The van der Waals surface area contributed by atoms with Gasteiger partial charge in [-0.05, 0) is 36.9 Å². The Morgan fingerprint density at radius 1 is 1.59 bits per heavy atom. The third kappa shape index (κ3) is 2.25. The van der Waals surface area contributed by atoms with Gasteiger partial charge in [0.15, 0.2) is 5.82 Å². The Morgan fingerprint density at radius 3 is 3.24 bits per heavy atom. The van der Waals surface area contributed by atoms with Gasteiger partial charge in [0.25, 0.3) is 0 Å². The monoisotopic (exact) mass is 248 g/mol. The molecule has 1 N–H and O–H groups in total. The molecule has 4 nitrogen and oxygen atoms in total. The SMILES string of the molecule is Cn1nc(-c2cccs2)nc1CC1CCNC1. The summed E-state index contributed by atoms with van der Waals surface area (Å²) < 4.78 is 1.92.